The molecular weight excluding hydrogens is 238 g/mol. The minimum Gasteiger partial charge on any atom is -0.321 e. The van der Waals surface area contributed by atoms with E-state index < -0.39 is 0 Å². The summed E-state index contributed by atoms with van der Waals surface area (Å²) in [6, 6.07) is 6.75. The fraction of sp³-hybridized carbons (Fsp3) is 0.0909. The van der Waals surface area contributed by atoms with E-state index in [0.29, 0.717) is 11.3 Å². The molecule has 17 heavy (non-hydrogen) atoms. The zero-order chi connectivity index (χ0) is 12.3. The van der Waals surface area contributed by atoms with Crippen LogP contribution in [-0.4, -0.2) is 20.4 Å². The third-order valence-electron chi connectivity index (χ3n) is 2.12. The summed E-state index contributed by atoms with van der Waals surface area (Å²) in [6.07, 6.45) is 1.40. The predicted molar refractivity (Wildman–Crippen MR) is 64.3 cm³/mol. The number of amides is 1. The lowest BCUT2D eigenvalue weighted by Gasteiger charge is -2.04. The van der Waals surface area contributed by atoms with Gasteiger partial charge in [0, 0.05) is 11.3 Å². The standard InChI is InChI=1S/C11H9N3O2S/c1-7(15)8-3-2-4-9(5-8)13-11(16)10-6-12-17-14-10/h2-6H,1H3,(H,13,16). The van der Waals surface area contributed by atoms with Gasteiger partial charge in [-0.1, -0.05) is 12.1 Å². The Bertz CT molecular complexity index is 552. The molecule has 0 spiro atoms. The molecule has 1 heterocycles. The van der Waals surface area contributed by atoms with Crippen LogP contribution in [0.1, 0.15) is 27.8 Å². The molecule has 1 aromatic carbocycles. The Labute approximate surface area is 102 Å². The van der Waals surface area contributed by atoms with Crippen LogP contribution in [0.15, 0.2) is 30.5 Å². The number of rotatable bonds is 3. The molecule has 1 aromatic heterocycles. The van der Waals surface area contributed by atoms with Gasteiger partial charge >= 0.3 is 0 Å². The van der Waals surface area contributed by atoms with Crippen molar-refractivity contribution in [2.45, 2.75) is 6.92 Å². The lowest BCUT2D eigenvalue weighted by Crippen LogP contribution is -2.12. The lowest BCUT2D eigenvalue weighted by molar-refractivity contribution is 0.100. The Kier molecular flexibility index (Phi) is 3.24. The van der Waals surface area contributed by atoms with E-state index >= 15 is 0 Å². The summed E-state index contributed by atoms with van der Waals surface area (Å²) in [6.45, 7) is 1.48. The highest BCUT2D eigenvalue weighted by molar-refractivity contribution is 6.99. The van der Waals surface area contributed by atoms with Crippen molar-refractivity contribution < 1.29 is 9.59 Å². The van der Waals surface area contributed by atoms with E-state index in [2.05, 4.69) is 14.1 Å². The molecule has 0 aliphatic carbocycles. The van der Waals surface area contributed by atoms with Crippen molar-refractivity contribution in [1.82, 2.24) is 8.75 Å². The minimum absolute atomic E-state index is 0.0450. The first kappa shape index (κ1) is 11.4. The minimum atomic E-state index is -0.334. The first-order valence-electron chi connectivity index (χ1n) is 4.87. The third kappa shape index (κ3) is 2.73. The molecule has 5 nitrogen and oxygen atoms in total. The number of anilines is 1. The normalized spacial score (nSPS) is 9.94. The maximum absolute atomic E-state index is 11.7. The monoisotopic (exact) mass is 247 g/mol. The quantitative estimate of drug-likeness (QED) is 0.842. The average molecular weight is 247 g/mol. The van der Waals surface area contributed by atoms with Crippen LogP contribution in [-0.2, 0) is 0 Å². The summed E-state index contributed by atoms with van der Waals surface area (Å²) < 4.78 is 7.57. The molecule has 0 atom stereocenters. The topological polar surface area (TPSA) is 72.0 Å². The summed E-state index contributed by atoms with van der Waals surface area (Å²) in [5, 5.41) is 2.65. The van der Waals surface area contributed by atoms with Gasteiger partial charge in [0.25, 0.3) is 5.91 Å². The van der Waals surface area contributed by atoms with E-state index in [0.717, 1.165) is 11.7 Å². The molecule has 1 amide bonds. The van der Waals surface area contributed by atoms with Crippen LogP contribution in [0.2, 0.25) is 0 Å². The molecule has 2 aromatic rings. The van der Waals surface area contributed by atoms with Crippen molar-refractivity contribution in [3.63, 3.8) is 0 Å². The molecule has 6 heteroatoms. The smallest absolute Gasteiger partial charge is 0.277 e. The fourth-order valence-electron chi connectivity index (χ4n) is 1.28. The van der Waals surface area contributed by atoms with Gasteiger partial charge in [0.2, 0.25) is 0 Å². The van der Waals surface area contributed by atoms with Crippen molar-refractivity contribution in [1.29, 1.82) is 0 Å². The number of nitrogens with one attached hydrogen (secondary N) is 1. The van der Waals surface area contributed by atoms with Crippen molar-refractivity contribution in [2.24, 2.45) is 0 Å². The number of ketones is 1. The highest BCUT2D eigenvalue weighted by Crippen LogP contribution is 2.12. The van der Waals surface area contributed by atoms with Gasteiger partial charge < -0.3 is 5.32 Å². The van der Waals surface area contributed by atoms with Crippen molar-refractivity contribution >= 4 is 29.1 Å². The number of carbonyl (C=O) groups excluding carboxylic acids is 2. The third-order valence-corrected chi connectivity index (χ3v) is 2.60. The molecule has 0 fully saturated rings. The summed E-state index contributed by atoms with van der Waals surface area (Å²) in [5.41, 5.74) is 1.39. The van der Waals surface area contributed by atoms with E-state index in [1.54, 1.807) is 24.3 Å². The van der Waals surface area contributed by atoms with Gasteiger partial charge in [-0.3, -0.25) is 9.59 Å². The van der Waals surface area contributed by atoms with Gasteiger partial charge in [-0.2, -0.15) is 8.75 Å². The van der Waals surface area contributed by atoms with Crippen LogP contribution < -0.4 is 5.32 Å². The summed E-state index contributed by atoms with van der Waals surface area (Å²) in [4.78, 5) is 22.8. The van der Waals surface area contributed by atoms with Crippen LogP contribution in [0, 0.1) is 0 Å². The van der Waals surface area contributed by atoms with Gasteiger partial charge in [0.15, 0.2) is 11.5 Å². The summed E-state index contributed by atoms with van der Waals surface area (Å²) in [5.74, 6) is -0.379. The van der Waals surface area contributed by atoms with Crippen molar-refractivity contribution in [2.75, 3.05) is 5.32 Å². The largest absolute Gasteiger partial charge is 0.321 e. The Hall–Kier alpha value is -2.08. The van der Waals surface area contributed by atoms with E-state index in [1.807, 2.05) is 0 Å². The van der Waals surface area contributed by atoms with Gasteiger partial charge in [-0.05, 0) is 19.1 Å². The van der Waals surface area contributed by atoms with Crippen molar-refractivity contribution in [3.05, 3.63) is 41.7 Å². The van der Waals surface area contributed by atoms with Crippen LogP contribution >= 0.6 is 11.7 Å². The Morgan fingerprint density at radius 1 is 1.35 bits per heavy atom. The fourth-order valence-corrected chi connectivity index (χ4v) is 1.69. The molecule has 0 aliphatic heterocycles. The maximum atomic E-state index is 11.7. The molecule has 0 saturated heterocycles. The molecule has 0 saturated carbocycles. The van der Waals surface area contributed by atoms with Gasteiger partial charge in [0.1, 0.15) is 0 Å². The SMILES string of the molecule is CC(=O)c1cccc(NC(=O)c2cnsn2)c1. The lowest BCUT2D eigenvalue weighted by atomic mass is 10.1. The predicted octanol–water partition coefficient (Wildman–Crippen LogP) is 1.99. The molecule has 1 N–H and O–H groups in total. The van der Waals surface area contributed by atoms with E-state index in [4.69, 9.17) is 0 Å². The van der Waals surface area contributed by atoms with Crippen LogP contribution in [0.5, 0.6) is 0 Å². The first-order valence-corrected chi connectivity index (χ1v) is 5.60. The number of nitrogens with zero attached hydrogens (tertiary/aromatic N) is 2. The van der Waals surface area contributed by atoms with Gasteiger partial charge in [0.05, 0.1) is 17.9 Å². The number of carbonyl (C=O) groups is 2. The van der Waals surface area contributed by atoms with E-state index in [9.17, 15) is 9.59 Å². The Morgan fingerprint density at radius 3 is 2.82 bits per heavy atom. The molecule has 86 valence electrons. The van der Waals surface area contributed by atoms with Crippen LogP contribution in [0.25, 0.3) is 0 Å². The number of hydrogen-bond donors (Lipinski definition) is 1. The van der Waals surface area contributed by atoms with Crippen molar-refractivity contribution in [3.8, 4) is 0 Å². The number of aromatic nitrogens is 2. The van der Waals surface area contributed by atoms with Gasteiger partial charge in [-0.15, -0.1) is 0 Å². The van der Waals surface area contributed by atoms with E-state index in [-0.39, 0.29) is 17.4 Å². The zero-order valence-electron chi connectivity index (χ0n) is 9.01. The molecule has 0 radical (unpaired) electrons. The maximum Gasteiger partial charge on any atom is 0.277 e. The second-order valence-electron chi connectivity index (χ2n) is 3.38. The van der Waals surface area contributed by atoms with Crippen LogP contribution in [0.4, 0.5) is 5.69 Å². The zero-order valence-corrected chi connectivity index (χ0v) is 9.82. The van der Waals surface area contributed by atoms with Gasteiger partial charge in [-0.25, -0.2) is 0 Å². The molecule has 0 bridgehead atoms. The second-order valence-corrected chi connectivity index (χ2v) is 3.94. The Morgan fingerprint density at radius 2 is 2.18 bits per heavy atom. The summed E-state index contributed by atoms with van der Waals surface area (Å²) in [7, 11) is 0. The average Bonchev–Trinajstić information content (AvgIpc) is 2.82. The first-order chi connectivity index (χ1) is 8.16. The summed E-state index contributed by atoms with van der Waals surface area (Å²) >= 11 is 0.972. The molecule has 0 unspecified atom stereocenters. The number of hydrogen-bond acceptors (Lipinski definition) is 5. The highest BCUT2D eigenvalue weighted by Gasteiger charge is 2.09. The van der Waals surface area contributed by atoms with E-state index in [1.165, 1.54) is 13.1 Å². The molecule has 0 aliphatic rings. The number of Topliss-reactive ketones (excluding diaryl/α,β-unsaturated/α-hetero) is 1. The highest BCUT2D eigenvalue weighted by atomic mass is 32.1. The Balaban J connectivity index is 2.16. The molecular formula is C11H9N3O2S. The second kappa shape index (κ2) is 4.84. The molecule has 2 rings (SSSR count). The number of benzene rings is 1. The van der Waals surface area contributed by atoms with Crippen LogP contribution in [0.3, 0.4) is 0 Å².